The van der Waals surface area contributed by atoms with E-state index in [1.54, 1.807) is 23.1 Å². The standard InChI is InChI=1S/C10H14N6OS.C2HF3O2/c1-6-12-9(15-16(6)3)14-10(17)11-4-8-5-18-7(2)13-8;3-2(4,5)1(6)7/h5H,4H2,1-3H3,(H2,11,14,15,17);(H,6,7). The first-order chi connectivity index (χ1) is 11.5. The van der Waals surface area contributed by atoms with E-state index in [0.717, 1.165) is 16.5 Å². The molecule has 0 aliphatic rings. The van der Waals surface area contributed by atoms with Crippen LogP contribution in [0.25, 0.3) is 0 Å². The van der Waals surface area contributed by atoms with E-state index in [1.807, 2.05) is 19.2 Å². The molecule has 0 atom stereocenters. The van der Waals surface area contributed by atoms with Gasteiger partial charge in [-0.2, -0.15) is 18.2 Å². The average molecular weight is 380 g/mol. The fraction of sp³-hybridized carbons (Fsp3) is 0.417. The number of urea groups is 1. The number of carboxylic acids is 1. The molecule has 9 nitrogen and oxygen atoms in total. The number of carbonyl (C=O) groups is 2. The summed E-state index contributed by atoms with van der Waals surface area (Å²) in [6.45, 7) is 4.13. The van der Waals surface area contributed by atoms with Crippen LogP contribution in [0.3, 0.4) is 0 Å². The quantitative estimate of drug-likeness (QED) is 0.747. The summed E-state index contributed by atoms with van der Waals surface area (Å²) in [7, 11) is 1.77. The van der Waals surface area contributed by atoms with E-state index < -0.39 is 12.1 Å². The molecule has 0 aliphatic carbocycles. The van der Waals surface area contributed by atoms with Gasteiger partial charge in [0.1, 0.15) is 5.82 Å². The number of hydrogen-bond acceptors (Lipinski definition) is 6. The summed E-state index contributed by atoms with van der Waals surface area (Å²) >= 11 is 1.55. The predicted octanol–water partition coefficient (Wildman–Crippen LogP) is 1.84. The zero-order valence-electron chi connectivity index (χ0n) is 13.4. The number of amides is 2. The van der Waals surface area contributed by atoms with Gasteiger partial charge in [-0.1, -0.05) is 0 Å². The number of carboxylic acid groups (broad SMARTS) is 1. The molecule has 2 aromatic rings. The summed E-state index contributed by atoms with van der Waals surface area (Å²) in [6, 6.07) is -0.341. The van der Waals surface area contributed by atoms with Crippen LogP contribution >= 0.6 is 11.3 Å². The number of halogens is 3. The SMILES string of the molecule is Cc1nc(CNC(=O)Nc2nc(C)n(C)n2)cs1.O=C(O)C(F)(F)F. The number of rotatable bonds is 3. The number of aliphatic carboxylic acids is 1. The highest BCUT2D eigenvalue weighted by Gasteiger charge is 2.38. The Hall–Kier alpha value is -2.70. The summed E-state index contributed by atoms with van der Waals surface area (Å²) < 4.78 is 33.3. The summed E-state index contributed by atoms with van der Waals surface area (Å²) in [5.41, 5.74) is 0.845. The Morgan fingerprint density at radius 2 is 1.92 bits per heavy atom. The molecule has 0 spiro atoms. The van der Waals surface area contributed by atoms with E-state index in [-0.39, 0.29) is 6.03 Å². The van der Waals surface area contributed by atoms with Crippen LogP contribution in [0.1, 0.15) is 16.5 Å². The number of hydrogen-bond donors (Lipinski definition) is 3. The summed E-state index contributed by atoms with van der Waals surface area (Å²) in [5, 5.41) is 19.3. The number of aryl methyl sites for hydroxylation is 3. The average Bonchev–Trinajstić information content (AvgIpc) is 3.02. The molecule has 0 radical (unpaired) electrons. The molecule has 0 unspecified atom stereocenters. The molecule has 13 heteroatoms. The summed E-state index contributed by atoms with van der Waals surface area (Å²) in [4.78, 5) is 28.8. The fourth-order valence-corrected chi connectivity index (χ4v) is 1.93. The largest absolute Gasteiger partial charge is 0.490 e. The van der Waals surface area contributed by atoms with Gasteiger partial charge in [-0.3, -0.25) is 10.00 Å². The third-order valence-corrected chi connectivity index (χ3v) is 3.37. The molecule has 2 aromatic heterocycles. The molecular weight excluding hydrogens is 365 g/mol. The highest BCUT2D eigenvalue weighted by molar-refractivity contribution is 7.09. The van der Waals surface area contributed by atoms with Gasteiger partial charge in [-0.05, 0) is 13.8 Å². The second kappa shape index (κ2) is 8.41. The van der Waals surface area contributed by atoms with Crippen LogP contribution in [0.5, 0.6) is 0 Å². The molecule has 0 aliphatic heterocycles. The zero-order chi connectivity index (χ0) is 19.2. The lowest BCUT2D eigenvalue weighted by molar-refractivity contribution is -0.192. The number of nitrogens with one attached hydrogen (secondary N) is 2. The van der Waals surface area contributed by atoms with E-state index in [4.69, 9.17) is 9.90 Å². The Bertz CT molecular complexity index is 723. The van der Waals surface area contributed by atoms with Gasteiger partial charge in [0.15, 0.2) is 0 Å². The molecular formula is C12H15F3N6O3S. The third-order valence-electron chi connectivity index (χ3n) is 2.55. The number of carbonyl (C=O) groups excluding carboxylic acids is 1. The van der Waals surface area contributed by atoms with Gasteiger partial charge in [-0.15, -0.1) is 16.4 Å². The van der Waals surface area contributed by atoms with Crippen molar-refractivity contribution >= 4 is 29.3 Å². The maximum absolute atomic E-state index is 11.6. The Labute approximate surface area is 143 Å². The summed E-state index contributed by atoms with van der Waals surface area (Å²) in [6.07, 6.45) is -5.08. The molecule has 0 aromatic carbocycles. The van der Waals surface area contributed by atoms with Gasteiger partial charge in [0, 0.05) is 12.4 Å². The van der Waals surface area contributed by atoms with Gasteiger partial charge in [0.2, 0.25) is 5.95 Å². The van der Waals surface area contributed by atoms with Gasteiger partial charge in [-0.25, -0.2) is 14.6 Å². The van der Waals surface area contributed by atoms with E-state index >= 15 is 0 Å². The first-order valence-electron chi connectivity index (χ1n) is 6.62. The molecule has 2 amide bonds. The van der Waals surface area contributed by atoms with Crippen molar-refractivity contribution in [3.63, 3.8) is 0 Å². The minimum Gasteiger partial charge on any atom is -0.475 e. The van der Waals surface area contributed by atoms with Gasteiger partial charge in [0.25, 0.3) is 0 Å². The van der Waals surface area contributed by atoms with Crippen LogP contribution in [-0.2, 0) is 18.4 Å². The highest BCUT2D eigenvalue weighted by Crippen LogP contribution is 2.13. The van der Waals surface area contributed by atoms with Crippen LogP contribution in [0.15, 0.2) is 5.38 Å². The van der Waals surface area contributed by atoms with Gasteiger partial charge < -0.3 is 10.4 Å². The molecule has 2 heterocycles. The summed E-state index contributed by atoms with van der Waals surface area (Å²) in [5.74, 6) is -1.73. The van der Waals surface area contributed by atoms with Gasteiger partial charge in [0.05, 0.1) is 17.2 Å². The van der Waals surface area contributed by atoms with Crippen LogP contribution in [0.2, 0.25) is 0 Å². The minimum atomic E-state index is -5.08. The molecule has 25 heavy (non-hydrogen) atoms. The van der Waals surface area contributed by atoms with Crippen molar-refractivity contribution in [1.82, 2.24) is 25.1 Å². The fourth-order valence-electron chi connectivity index (χ4n) is 1.32. The van der Waals surface area contributed by atoms with Crippen molar-refractivity contribution in [3.05, 3.63) is 21.9 Å². The molecule has 3 N–H and O–H groups in total. The van der Waals surface area contributed by atoms with Crippen molar-refractivity contribution in [1.29, 1.82) is 0 Å². The number of anilines is 1. The number of thiazole rings is 1. The maximum Gasteiger partial charge on any atom is 0.490 e. The minimum absolute atomic E-state index is 0.293. The topological polar surface area (TPSA) is 122 Å². The Morgan fingerprint density at radius 3 is 2.32 bits per heavy atom. The number of alkyl halides is 3. The lowest BCUT2D eigenvalue weighted by atomic mass is 10.5. The lowest BCUT2D eigenvalue weighted by Crippen LogP contribution is -2.28. The molecule has 0 saturated heterocycles. The maximum atomic E-state index is 11.6. The molecule has 0 saturated carbocycles. The molecule has 138 valence electrons. The first-order valence-corrected chi connectivity index (χ1v) is 7.50. The molecule has 2 rings (SSSR count). The van der Waals surface area contributed by atoms with Crippen LogP contribution in [-0.4, -0.2) is 43.0 Å². The first kappa shape index (κ1) is 20.3. The van der Waals surface area contributed by atoms with Crippen LogP contribution in [0.4, 0.5) is 23.9 Å². The van der Waals surface area contributed by atoms with E-state index in [2.05, 4.69) is 25.7 Å². The van der Waals surface area contributed by atoms with Crippen molar-refractivity contribution in [2.24, 2.45) is 7.05 Å². The second-order valence-corrected chi connectivity index (χ2v) is 5.64. The third kappa shape index (κ3) is 7.15. The monoisotopic (exact) mass is 380 g/mol. The molecule has 0 fully saturated rings. The van der Waals surface area contributed by atoms with Crippen molar-refractivity contribution in [3.8, 4) is 0 Å². The Kier molecular flexibility index (Phi) is 6.85. The van der Waals surface area contributed by atoms with Crippen molar-refractivity contribution in [2.75, 3.05) is 5.32 Å². The normalized spacial score (nSPS) is 10.6. The van der Waals surface area contributed by atoms with Gasteiger partial charge >= 0.3 is 18.2 Å². The van der Waals surface area contributed by atoms with Crippen LogP contribution in [0, 0.1) is 13.8 Å². The van der Waals surface area contributed by atoms with E-state index in [0.29, 0.717) is 12.5 Å². The van der Waals surface area contributed by atoms with Crippen molar-refractivity contribution in [2.45, 2.75) is 26.6 Å². The van der Waals surface area contributed by atoms with Crippen molar-refractivity contribution < 1.29 is 27.9 Å². The zero-order valence-corrected chi connectivity index (χ0v) is 14.2. The Balaban J connectivity index is 0.000000381. The highest BCUT2D eigenvalue weighted by atomic mass is 32.1. The number of aromatic nitrogens is 4. The van der Waals surface area contributed by atoms with Crippen LogP contribution < -0.4 is 10.6 Å². The molecule has 0 bridgehead atoms. The second-order valence-electron chi connectivity index (χ2n) is 4.57. The van der Waals surface area contributed by atoms with E-state index in [1.165, 1.54) is 0 Å². The lowest BCUT2D eigenvalue weighted by Gasteiger charge is -2.02. The predicted molar refractivity (Wildman–Crippen MR) is 82.1 cm³/mol. The smallest absolute Gasteiger partial charge is 0.475 e. The van der Waals surface area contributed by atoms with E-state index in [9.17, 15) is 18.0 Å². The Morgan fingerprint density at radius 1 is 1.32 bits per heavy atom. The number of nitrogens with zero attached hydrogens (tertiary/aromatic N) is 4.